The van der Waals surface area contributed by atoms with E-state index in [2.05, 4.69) is 24.4 Å². The maximum atomic E-state index is 5.43. The second-order valence-electron chi connectivity index (χ2n) is 3.81. The summed E-state index contributed by atoms with van der Waals surface area (Å²) < 4.78 is 5.43. The van der Waals surface area contributed by atoms with Crippen molar-refractivity contribution < 1.29 is 4.74 Å². The zero-order chi connectivity index (χ0) is 10.5. The van der Waals surface area contributed by atoms with E-state index in [0.29, 0.717) is 0 Å². The quantitative estimate of drug-likeness (QED) is 0.753. The van der Waals surface area contributed by atoms with Gasteiger partial charge in [0, 0.05) is 6.20 Å². The van der Waals surface area contributed by atoms with Crippen LogP contribution in [0.15, 0.2) is 30.7 Å². The summed E-state index contributed by atoms with van der Waals surface area (Å²) in [5, 5.41) is 3.25. The minimum absolute atomic E-state index is 0.937. The summed E-state index contributed by atoms with van der Waals surface area (Å²) in [6.45, 7) is 2.23. The van der Waals surface area contributed by atoms with Gasteiger partial charge in [0.25, 0.3) is 0 Å². The standard InChI is InChI=1S/C13H17NO/c1-2-3-4-6-11-7-5-8-12-13(11)14-9-10-15-12/h5,7-10,14H,2-4,6H2,1H3. The van der Waals surface area contributed by atoms with Crippen LogP contribution in [0.3, 0.4) is 0 Å². The molecule has 0 radical (unpaired) electrons. The molecule has 0 amide bonds. The molecular formula is C13H17NO. The second kappa shape index (κ2) is 4.87. The second-order valence-corrected chi connectivity index (χ2v) is 3.81. The lowest BCUT2D eigenvalue weighted by Gasteiger charge is -2.16. The van der Waals surface area contributed by atoms with Crippen molar-refractivity contribution in [1.29, 1.82) is 0 Å². The van der Waals surface area contributed by atoms with Gasteiger partial charge in [-0.15, -0.1) is 0 Å². The third-order valence-corrected chi connectivity index (χ3v) is 2.65. The Morgan fingerprint density at radius 3 is 3.07 bits per heavy atom. The van der Waals surface area contributed by atoms with E-state index in [1.165, 1.54) is 24.8 Å². The lowest BCUT2D eigenvalue weighted by atomic mass is 10.0. The Morgan fingerprint density at radius 1 is 1.27 bits per heavy atom. The Balaban J connectivity index is 2.11. The van der Waals surface area contributed by atoms with Crippen LogP contribution in [0, 0.1) is 0 Å². The molecule has 0 saturated heterocycles. The fraction of sp³-hybridized carbons (Fsp3) is 0.385. The lowest BCUT2D eigenvalue weighted by Crippen LogP contribution is -2.03. The predicted octanol–water partition coefficient (Wildman–Crippen LogP) is 3.69. The Bertz CT molecular complexity index is 358. The smallest absolute Gasteiger partial charge is 0.150 e. The Hall–Kier alpha value is -1.44. The average Bonchev–Trinajstić information content (AvgIpc) is 2.30. The van der Waals surface area contributed by atoms with Crippen LogP contribution in [0.5, 0.6) is 5.75 Å². The number of ether oxygens (including phenoxy) is 1. The van der Waals surface area contributed by atoms with E-state index < -0.39 is 0 Å². The molecule has 1 aliphatic rings. The van der Waals surface area contributed by atoms with Crippen molar-refractivity contribution >= 4 is 5.69 Å². The van der Waals surface area contributed by atoms with E-state index in [9.17, 15) is 0 Å². The number of rotatable bonds is 4. The van der Waals surface area contributed by atoms with Crippen molar-refractivity contribution in [3.05, 3.63) is 36.2 Å². The molecule has 2 heteroatoms. The Morgan fingerprint density at radius 2 is 2.20 bits per heavy atom. The van der Waals surface area contributed by atoms with Crippen LogP contribution in [0.1, 0.15) is 31.7 Å². The van der Waals surface area contributed by atoms with Gasteiger partial charge in [0.15, 0.2) is 0 Å². The number of unbranched alkanes of at least 4 members (excludes halogenated alkanes) is 2. The topological polar surface area (TPSA) is 21.3 Å². The van der Waals surface area contributed by atoms with Crippen molar-refractivity contribution in [3.63, 3.8) is 0 Å². The molecule has 0 fully saturated rings. The summed E-state index contributed by atoms with van der Waals surface area (Å²) in [5.41, 5.74) is 2.49. The summed E-state index contributed by atoms with van der Waals surface area (Å²) in [5.74, 6) is 0.937. The molecule has 0 unspecified atom stereocenters. The number of para-hydroxylation sites is 1. The van der Waals surface area contributed by atoms with Gasteiger partial charge in [0.2, 0.25) is 0 Å². The maximum absolute atomic E-state index is 5.43. The molecule has 0 saturated carbocycles. The van der Waals surface area contributed by atoms with Gasteiger partial charge in [-0.1, -0.05) is 31.9 Å². The molecule has 0 aromatic heterocycles. The van der Waals surface area contributed by atoms with Gasteiger partial charge in [-0.2, -0.15) is 0 Å². The third-order valence-electron chi connectivity index (χ3n) is 2.65. The highest BCUT2D eigenvalue weighted by molar-refractivity contribution is 5.64. The van der Waals surface area contributed by atoms with Gasteiger partial charge in [0.1, 0.15) is 12.0 Å². The summed E-state index contributed by atoms with van der Waals surface area (Å²) in [7, 11) is 0. The predicted molar refractivity (Wildman–Crippen MR) is 63.1 cm³/mol. The highest BCUT2D eigenvalue weighted by Crippen LogP contribution is 2.31. The zero-order valence-electron chi connectivity index (χ0n) is 9.12. The first-order valence-electron chi connectivity index (χ1n) is 5.62. The maximum Gasteiger partial charge on any atom is 0.150 e. The highest BCUT2D eigenvalue weighted by Gasteiger charge is 2.09. The van der Waals surface area contributed by atoms with E-state index in [1.54, 1.807) is 6.26 Å². The molecule has 0 spiro atoms. The molecule has 0 bridgehead atoms. The van der Waals surface area contributed by atoms with Crippen molar-refractivity contribution in [2.45, 2.75) is 32.6 Å². The third kappa shape index (κ3) is 2.32. The van der Waals surface area contributed by atoms with E-state index in [1.807, 2.05) is 12.3 Å². The van der Waals surface area contributed by atoms with E-state index >= 15 is 0 Å². The minimum Gasteiger partial charge on any atom is -0.461 e. The van der Waals surface area contributed by atoms with Crippen molar-refractivity contribution in [1.82, 2.24) is 0 Å². The summed E-state index contributed by atoms with van der Waals surface area (Å²) in [4.78, 5) is 0. The van der Waals surface area contributed by atoms with Gasteiger partial charge < -0.3 is 10.1 Å². The van der Waals surface area contributed by atoms with Crippen molar-refractivity contribution in [2.75, 3.05) is 5.32 Å². The zero-order valence-corrected chi connectivity index (χ0v) is 9.12. The van der Waals surface area contributed by atoms with Crippen molar-refractivity contribution in [2.24, 2.45) is 0 Å². The molecule has 0 aliphatic carbocycles. The molecule has 1 aliphatic heterocycles. The largest absolute Gasteiger partial charge is 0.461 e. The molecular weight excluding hydrogens is 186 g/mol. The lowest BCUT2D eigenvalue weighted by molar-refractivity contribution is 0.476. The highest BCUT2D eigenvalue weighted by atomic mass is 16.5. The van der Waals surface area contributed by atoms with Crippen molar-refractivity contribution in [3.8, 4) is 5.75 Å². The fourth-order valence-electron chi connectivity index (χ4n) is 1.84. The van der Waals surface area contributed by atoms with Gasteiger partial charge in [0.05, 0.1) is 5.69 Å². The van der Waals surface area contributed by atoms with Crippen LogP contribution >= 0.6 is 0 Å². The van der Waals surface area contributed by atoms with Gasteiger partial charge >= 0.3 is 0 Å². The number of anilines is 1. The number of aryl methyl sites for hydroxylation is 1. The molecule has 2 rings (SSSR count). The molecule has 1 heterocycles. The van der Waals surface area contributed by atoms with Gasteiger partial charge in [-0.05, 0) is 24.5 Å². The normalized spacial score (nSPS) is 12.9. The monoisotopic (exact) mass is 203 g/mol. The Labute approximate surface area is 91.0 Å². The number of fused-ring (bicyclic) bond motifs is 1. The number of nitrogens with one attached hydrogen (secondary N) is 1. The molecule has 1 aromatic rings. The summed E-state index contributed by atoms with van der Waals surface area (Å²) in [6, 6.07) is 6.22. The van der Waals surface area contributed by atoms with Crippen LogP contribution in [-0.4, -0.2) is 0 Å². The van der Waals surface area contributed by atoms with Crippen LogP contribution in [0.25, 0.3) is 0 Å². The summed E-state index contributed by atoms with van der Waals surface area (Å²) >= 11 is 0. The molecule has 0 atom stereocenters. The molecule has 2 nitrogen and oxygen atoms in total. The van der Waals surface area contributed by atoms with Crippen LogP contribution in [0.4, 0.5) is 5.69 Å². The van der Waals surface area contributed by atoms with Crippen LogP contribution < -0.4 is 10.1 Å². The average molecular weight is 203 g/mol. The molecule has 1 N–H and O–H groups in total. The SMILES string of the molecule is CCCCCc1cccc2c1NC=CO2. The fourth-order valence-corrected chi connectivity index (χ4v) is 1.84. The first kappa shape index (κ1) is 10.1. The minimum atomic E-state index is 0.937. The number of benzene rings is 1. The Kier molecular flexibility index (Phi) is 3.28. The van der Waals surface area contributed by atoms with Gasteiger partial charge in [-0.25, -0.2) is 0 Å². The molecule has 15 heavy (non-hydrogen) atoms. The van der Waals surface area contributed by atoms with E-state index in [-0.39, 0.29) is 0 Å². The van der Waals surface area contributed by atoms with E-state index in [4.69, 9.17) is 4.74 Å². The van der Waals surface area contributed by atoms with E-state index in [0.717, 1.165) is 17.9 Å². The van der Waals surface area contributed by atoms with Gasteiger partial charge in [-0.3, -0.25) is 0 Å². The van der Waals surface area contributed by atoms with Crippen LogP contribution in [0.2, 0.25) is 0 Å². The molecule has 1 aromatic carbocycles. The number of hydrogen-bond acceptors (Lipinski definition) is 2. The summed E-state index contributed by atoms with van der Waals surface area (Å²) in [6.07, 6.45) is 8.45. The first-order chi connectivity index (χ1) is 7.42. The van der Waals surface area contributed by atoms with Crippen LogP contribution in [-0.2, 0) is 6.42 Å². The number of hydrogen-bond donors (Lipinski definition) is 1. The first-order valence-corrected chi connectivity index (χ1v) is 5.62. The molecule has 80 valence electrons.